The van der Waals surface area contributed by atoms with Crippen molar-refractivity contribution in [3.8, 4) is 57.5 Å². The molecule has 0 bridgehead atoms. The third-order valence-electron chi connectivity index (χ3n) is 23.1. The number of carbonyl (C=O) groups is 7. The molecule has 144 heavy (non-hydrogen) atoms. The molecule has 15 aromatic rings. The van der Waals surface area contributed by atoms with Gasteiger partial charge in [-0.15, -0.1) is 0 Å². The van der Waals surface area contributed by atoms with Gasteiger partial charge in [0, 0.05) is 109 Å². The van der Waals surface area contributed by atoms with Crippen LogP contribution in [-0.2, 0) is 30.4 Å². The highest BCUT2D eigenvalue weighted by Gasteiger charge is 2.34. The summed E-state index contributed by atoms with van der Waals surface area (Å²) in [4.78, 5) is 141. The predicted molar refractivity (Wildman–Crippen MR) is 551 cm³/mol. The molecule has 2 saturated heterocycles. The third kappa shape index (κ3) is 26.2. The molecule has 0 radical (unpaired) electrons. The summed E-state index contributed by atoms with van der Waals surface area (Å²) >= 11 is 0. The Morgan fingerprint density at radius 3 is 1.86 bits per heavy atom. The lowest BCUT2D eigenvalue weighted by atomic mass is 9.99. The summed E-state index contributed by atoms with van der Waals surface area (Å²) in [5.41, 5.74) is 23.2. The number of nitrogens with one attached hydrogen (secondary N) is 6. The minimum Gasteiger partial charge on any atom is -0.494 e. The van der Waals surface area contributed by atoms with E-state index in [9.17, 15) is 42.7 Å². The molecule has 18 rings (SSSR count). The second kappa shape index (κ2) is 47.6. The van der Waals surface area contributed by atoms with Gasteiger partial charge < -0.3 is 67.4 Å². The topological polar surface area (TPSA) is 430 Å². The van der Waals surface area contributed by atoms with E-state index in [1.165, 1.54) is 29.4 Å². The van der Waals surface area contributed by atoms with Gasteiger partial charge in [-0.2, -0.15) is 10.1 Å². The molecule has 3 aliphatic rings. The van der Waals surface area contributed by atoms with E-state index in [-0.39, 0.29) is 101 Å². The number of amides is 5. The second-order valence-electron chi connectivity index (χ2n) is 33.7. The molecule has 3 fully saturated rings. The maximum atomic E-state index is 14.2. The number of hydrogen-bond donors (Lipinski definition) is 8. The number of fused-ring (bicyclic) bond motifs is 2. The van der Waals surface area contributed by atoms with Gasteiger partial charge in [0.25, 0.3) is 17.7 Å². The highest BCUT2D eigenvalue weighted by atomic mass is 19.1. The molecule has 726 valence electrons. The van der Waals surface area contributed by atoms with Crippen LogP contribution in [0.2, 0.25) is 0 Å². The van der Waals surface area contributed by atoms with Crippen molar-refractivity contribution >= 4 is 127 Å². The van der Waals surface area contributed by atoms with Gasteiger partial charge in [0.05, 0.1) is 42.5 Å². The van der Waals surface area contributed by atoms with Crippen molar-refractivity contribution in [3.63, 3.8) is 0 Å². The number of nitrogens with two attached hydrogens (primary N) is 2. The molecule has 34 nitrogen and oxygen atoms in total. The SMILES string of the molecule is C=CC(=O)CCC(=O)Nc1cccc(Nc2ncc(CC(=O)c3cc(NC(=O)c4cccc(C)c4)ccc3C)cn2)c1.C=CC(=O)Nc1cccc(Nc2nc(Nc3ccc(OCCC)cc3)ncc2F)c1.CC#CC(=O)N1CC[C@@H](n2c(=O)n(-c3ccc(Oc4ccccc4)cc3)c3c(N)ncnc32)C1.[C-]#[N+]/C(=C\C1CC1)C(=O)N1CCC[C@@H](n2nc(-c3ccc(Oc4ccccc4)cc3)c3c(N)ncnc32)C1. The number of imidazole rings is 1. The van der Waals surface area contributed by atoms with Gasteiger partial charge in [0.1, 0.15) is 58.4 Å². The van der Waals surface area contributed by atoms with Crippen LogP contribution in [-0.4, -0.2) is 142 Å². The number of aryl methyl sites for hydroxylation is 2. The van der Waals surface area contributed by atoms with Crippen molar-refractivity contribution in [1.29, 1.82) is 0 Å². The largest absolute Gasteiger partial charge is 0.494 e. The van der Waals surface area contributed by atoms with E-state index in [0.29, 0.717) is 147 Å². The standard InChI is InChI=1S/C33H31N5O4.C29H27N7O2.C25H22N6O3.C22H22FN5O2/c1-4-28(39)13-14-31(41)36-25-9-6-10-26(17-25)38-33-34-19-23(20-35-33)16-30(40)29-18-27(12-11-22(29)3)37-32(42)24-8-5-7-21(2)15-24;1-31-24(16-19-9-10-19)29(37)35-15-5-6-21(17-35)36-28-25(27(30)32-18-33-28)26(34-36)20-11-13-23(14-12-20)38-22-7-3-2-4-8-22;1-2-6-21(32)29-14-13-18(15-29)31-24-22(23(26)27-16-28-24)30(25(31)33)17-9-11-20(12-10-17)34-19-7-4-3-5-8-19;1-3-12-30-18-10-8-15(9-11-18)27-22-24-14-19(23)21(28-22)26-17-7-5-6-16(13-17)25-20(29)4-2/h4-12,15,17-20H,1,13-14,16H2,2-3H3,(H,36,41)(H,37,42)(H,34,35,38);2-4,7-8,11-14,16,18-19,21H,5-6,9-10,15,17H2,(H2,30,32,33);3-5,7-12,16,18H,13-15H2,1H3,(H2,26,27,28);4-11,13-14H,2-3,12H2,1H3,(H,25,29)(H2,24,26,27,28)/b;24-16-;;/t;21-;18-;/m.11./s1. The fourth-order valence-electron chi connectivity index (χ4n) is 15.8. The molecule has 1 aliphatic carbocycles. The fourth-order valence-corrected chi connectivity index (χ4v) is 15.8. The highest BCUT2D eigenvalue weighted by Crippen LogP contribution is 2.39. The zero-order valence-electron chi connectivity index (χ0n) is 79.3. The Bertz CT molecular complexity index is 7450. The summed E-state index contributed by atoms with van der Waals surface area (Å²) < 4.78 is 36.5. The van der Waals surface area contributed by atoms with Crippen LogP contribution in [0.1, 0.15) is 115 Å². The number of rotatable bonds is 31. The number of aromatic nitrogens is 12. The number of benzene rings is 9. The van der Waals surface area contributed by atoms with Crippen LogP contribution in [0.25, 0.3) is 44.0 Å². The van der Waals surface area contributed by atoms with Crippen LogP contribution in [0.3, 0.4) is 0 Å². The summed E-state index contributed by atoms with van der Waals surface area (Å²) in [6.07, 6.45) is 16.8. The van der Waals surface area contributed by atoms with Crippen LogP contribution in [0, 0.1) is 44.0 Å². The maximum Gasteiger partial charge on any atom is 0.335 e. The van der Waals surface area contributed by atoms with Crippen LogP contribution >= 0.6 is 0 Å². The minimum absolute atomic E-state index is 0.00240. The van der Waals surface area contributed by atoms with E-state index in [1.807, 2.05) is 153 Å². The molecule has 5 amide bonds. The summed E-state index contributed by atoms with van der Waals surface area (Å²) in [6.45, 7) is 24.4. The first-order chi connectivity index (χ1) is 69.9. The molecule has 0 unspecified atom stereocenters. The number of halogens is 1. The molecular formula is C109H102FN23O11. The quantitative estimate of drug-likeness (QED) is 0.00865. The molecular weight excluding hydrogens is 1830 g/mol. The van der Waals surface area contributed by atoms with Crippen molar-refractivity contribution < 1.29 is 52.2 Å². The first-order valence-corrected chi connectivity index (χ1v) is 46.4. The number of para-hydroxylation sites is 2. The van der Waals surface area contributed by atoms with Gasteiger partial charge >= 0.3 is 5.69 Å². The second-order valence-corrected chi connectivity index (χ2v) is 33.7. The number of Topliss-reactive ketones (excluding diaryl/α,β-unsaturated/α-hetero) is 1. The lowest BCUT2D eigenvalue weighted by Gasteiger charge is -2.33. The van der Waals surface area contributed by atoms with Crippen molar-refractivity contribution in [1.82, 2.24) is 68.6 Å². The number of ketones is 2. The Morgan fingerprint density at radius 1 is 0.590 bits per heavy atom. The Hall–Kier alpha value is -18.7. The Kier molecular flexibility index (Phi) is 33.0. The zero-order chi connectivity index (χ0) is 101. The molecule has 2 atom stereocenters. The number of nitrogens with zero attached hydrogens (tertiary/aromatic N) is 15. The maximum absolute atomic E-state index is 14.2. The van der Waals surface area contributed by atoms with Gasteiger partial charge in [-0.25, -0.2) is 53.6 Å². The van der Waals surface area contributed by atoms with Crippen molar-refractivity contribution in [2.75, 3.05) is 76.2 Å². The van der Waals surface area contributed by atoms with E-state index in [2.05, 4.69) is 102 Å². The lowest BCUT2D eigenvalue weighted by molar-refractivity contribution is -0.128. The van der Waals surface area contributed by atoms with E-state index in [1.54, 1.807) is 137 Å². The van der Waals surface area contributed by atoms with Gasteiger partial charge in [-0.1, -0.05) is 104 Å². The van der Waals surface area contributed by atoms with Crippen LogP contribution in [0.4, 0.5) is 67.9 Å². The number of hydrogen-bond acceptors (Lipinski definition) is 25. The van der Waals surface area contributed by atoms with E-state index in [0.717, 1.165) is 77.9 Å². The molecule has 9 aromatic carbocycles. The smallest absolute Gasteiger partial charge is 0.335 e. The molecule has 1 saturated carbocycles. The molecule has 35 heteroatoms. The van der Waals surface area contributed by atoms with Gasteiger partial charge in [-0.3, -0.25) is 42.7 Å². The van der Waals surface area contributed by atoms with Crippen molar-refractivity contribution in [2.24, 2.45) is 5.92 Å². The van der Waals surface area contributed by atoms with Gasteiger partial charge in [0.15, 0.2) is 40.3 Å². The number of anilines is 11. The third-order valence-corrected chi connectivity index (χ3v) is 23.1. The number of nitrogen functional groups attached to an aromatic ring is 2. The van der Waals surface area contributed by atoms with Crippen molar-refractivity contribution in [3.05, 3.63) is 348 Å². The summed E-state index contributed by atoms with van der Waals surface area (Å²) in [6, 6.07) is 67.3. The number of likely N-dealkylation sites (tertiary alicyclic amines) is 2. The zero-order valence-corrected chi connectivity index (χ0v) is 79.3. The lowest BCUT2D eigenvalue weighted by Crippen LogP contribution is -2.41. The van der Waals surface area contributed by atoms with E-state index in [4.69, 9.17) is 37.3 Å². The summed E-state index contributed by atoms with van der Waals surface area (Å²) in [5, 5.41) is 22.9. The van der Waals surface area contributed by atoms with Crippen LogP contribution in [0.5, 0.6) is 28.7 Å². The Labute approximate surface area is 828 Å². The minimum atomic E-state index is -0.607. The van der Waals surface area contributed by atoms with Crippen molar-refractivity contribution in [2.45, 2.75) is 97.6 Å². The Balaban J connectivity index is 0.000000145. The molecule has 2 aliphatic heterocycles. The fraction of sp³-hybridized carbons (Fsp3) is 0.193. The first-order valence-electron chi connectivity index (χ1n) is 46.4. The van der Waals surface area contributed by atoms with E-state index < -0.39 is 5.82 Å². The number of carbonyl (C=O) groups excluding carboxylic acids is 7. The molecule has 0 spiro atoms. The normalized spacial score (nSPS) is 13.5. The first kappa shape index (κ1) is 99.8. The van der Waals surface area contributed by atoms with Crippen LogP contribution in [0.15, 0.2) is 298 Å². The number of piperidine rings is 1. The summed E-state index contributed by atoms with van der Waals surface area (Å²) in [7, 11) is 0. The van der Waals surface area contributed by atoms with Gasteiger partial charge in [-0.05, 0) is 252 Å². The predicted octanol–water partition coefficient (Wildman–Crippen LogP) is 19.0. The number of allylic oxidation sites excluding steroid dienone is 2. The average molecular weight is 1930 g/mol. The average Bonchev–Trinajstić information content (AvgIpc) is 1.58. The molecule has 6 aromatic heterocycles. The Morgan fingerprint density at radius 2 is 1.20 bits per heavy atom. The summed E-state index contributed by atoms with van der Waals surface area (Å²) in [5.74, 6) is 8.06. The monoisotopic (exact) mass is 1930 g/mol. The van der Waals surface area contributed by atoms with Gasteiger partial charge in [0.2, 0.25) is 29.4 Å². The highest BCUT2D eigenvalue weighted by molar-refractivity contribution is 6.06. The number of ether oxygens (including phenoxy) is 3. The molecule has 8 heterocycles. The molecule has 10 N–H and O–H groups in total. The van der Waals surface area contributed by atoms with E-state index >= 15 is 0 Å². The van der Waals surface area contributed by atoms with Crippen LogP contribution < -0.4 is 63.3 Å².